The SMILES string of the molecule is CC/C=C/c1c(C)noc1-c1ccc(Br)cc1. The Hall–Kier alpha value is -1.35. The zero-order valence-corrected chi connectivity index (χ0v) is 11.5. The monoisotopic (exact) mass is 291 g/mol. The van der Waals surface area contributed by atoms with Crippen LogP contribution in [0.15, 0.2) is 39.3 Å². The Balaban J connectivity index is 2.45. The normalized spacial score (nSPS) is 11.2. The van der Waals surface area contributed by atoms with E-state index >= 15 is 0 Å². The van der Waals surface area contributed by atoms with Crippen molar-refractivity contribution < 1.29 is 4.52 Å². The van der Waals surface area contributed by atoms with Gasteiger partial charge in [0.1, 0.15) is 0 Å². The Morgan fingerprint density at radius 3 is 2.65 bits per heavy atom. The molecule has 3 heteroatoms. The van der Waals surface area contributed by atoms with E-state index < -0.39 is 0 Å². The molecule has 88 valence electrons. The van der Waals surface area contributed by atoms with Gasteiger partial charge in [0.05, 0.1) is 5.69 Å². The van der Waals surface area contributed by atoms with Gasteiger partial charge in [-0.2, -0.15) is 0 Å². The number of benzene rings is 1. The molecule has 0 saturated heterocycles. The quantitative estimate of drug-likeness (QED) is 0.809. The summed E-state index contributed by atoms with van der Waals surface area (Å²) in [5.74, 6) is 0.833. The van der Waals surface area contributed by atoms with Crippen LogP contribution < -0.4 is 0 Å². The second-order valence-electron chi connectivity index (χ2n) is 3.83. The van der Waals surface area contributed by atoms with E-state index in [4.69, 9.17) is 4.52 Å². The van der Waals surface area contributed by atoms with Crippen LogP contribution in [-0.4, -0.2) is 5.16 Å². The lowest BCUT2D eigenvalue weighted by Crippen LogP contribution is -1.80. The van der Waals surface area contributed by atoms with Gasteiger partial charge in [-0.1, -0.05) is 40.2 Å². The smallest absolute Gasteiger partial charge is 0.174 e. The van der Waals surface area contributed by atoms with Crippen LogP contribution in [0, 0.1) is 6.92 Å². The van der Waals surface area contributed by atoms with Gasteiger partial charge in [0.25, 0.3) is 0 Å². The molecule has 1 heterocycles. The molecule has 1 aromatic heterocycles. The summed E-state index contributed by atoms with van der Waals surface area (Å²) in [5.41, 5.74) is 3.03. The molecule has 0 aliphatic heterocycles. The van der Waals surface area contributed by atoms with E-state index in [2.05, 4.69) is 40.2 Å². The Morgan fingerprint density at radius 1 is 1.29 bits per heavy atom. The van der Waals surface area contributed by atoms with E-state index in [0.29, 0.717) is 0 Å². The summed E-state index contributed by atoms with van der Waals surface area (Å²) >= 11 is 3.42. The maximum atomic E-state index is 5.40. The van der Waals surface area contributed by atoms with Crippen LogP contribution in [0.25, 0.3) is 17.4 Å². The van der Waals surface area contributed by atoms with E-state index in [1.807, 2.05) is 31.2 Å². The molecule has 0 amide bonds. The van der Waals surface area contributed by atoms with Crippen LogP contribution in [-0.2, 0) is 0 Å². The third-order valence-electron chi connectivity index (χ3n) is 2.53. The molecule has 0 fully saturated rings. The van der Waals surface area contributed by atoms with Crippen LogP contribution in [0.3, 0.4) is 0 Å². The van der Waals surface area contributed by atoms with Crippen molar-refractivity contribution in [1.82, 2.24) is 5.16 Å². The van der Waals surface area contributed by atoms with Gasteiger partial charge in [-0.25, -0.2) is 0 Å². The average molecular weight is 292 g/mol. The lowest BCUT2D eigenvalue weighted by molar-refractivity contribution is 0.427. The number of hydrogen-bond acceptors (Lipinski definition) is 2. The summed E-state index contributed by atoms with van der Waals surface area (Å²) in [6.07, 6.45) is 5.19. The first-order valence-corrected chi connectivity index (χ1v) is 6.40. The van der Waals surface area contributed by atoms with Gasteiger partial charge in [0.2, 0.25) is 0 Å². The molecular weight excluding hydrogens is 278 g/mol. The molecule has 17 heavy (non-hydrogen) atoms. The number of halogens is 1. The second kappa shape index (κ2) is 5.32. The lowest BCUT2D eigenvalue weighted by Gasteiger charge is -1.98. The molecule has 1 aromatic carbocycles. The third kappa shape index (κ3) is 2.67. The Kier molecular flexibility index (Phi) is 3.79. The zero-order chi connectivity index (χ0) is 12.3. The maximum absolute atomic E-state index is 5.40. The number of rotatable bonds is 3. The lowest BCUT2D eigenvalue weighted by atomic mass is 10.1. The highest BCUT2D eigenvalue weighted by atomic mass is 79.9. The number of aryl methyl sites for hydroxylation is 1. The van der Waals surface area contributed by atoms with E-state index in [0.717, 1.165) is 33.5 Å². The summed E-state index contributed by atoms with van der Waals surface area (Å²) in [6.45, 7) is 4.07. The van der Waals surface area contributed by atoms with Gasteiger partial charge >= 0.3 is 0 Å². The minimum absolute atomic E-state index is 0.833. The van der Waals surface area contributed by atoms with Crippen molar-refractivity contribution in [2.75, 3.05) is 0 Å². The van der Waals surface area contributed by atoms with Crippen molar-refractivity contribution in [2.45, 2.75) is 20.3 Å². The Morgan fingerprint density at radius 2 is 2.00 bits per heavy atom. The number of hydrogen-bond donors (Lipinski definition) is 0. The van der Waals surface area contributed by atoms with Crippen molar-refractivity contribution in [1.29, 1.82) is 0 Å². The number of allylic oxidation sites excluding steroid dienone is 1. The Labute approximate surface area is 109 Å². The van der Waals surface area contributed by atoms with E-state index in [1.165, 1.54) is 0 Å². The molecule has 2 aromatic rings. The third-order valence-corrected chi connectivity index (χ3v) is 3.06. The van der Waals surface area contributed by atoms with Crippen molar-refractivity contribution >= 4 is 22.0 Å². The number of nitrogens with zero attached hydrogens (tertiary/aromatic N) is 1. The maximum Gasteiger partial charge on any atom is 0.174 e. The van der Waals surface area contributed by atoms with E-state index in [1.54, 1.807) is 0 Å². The molecule has 0 atom stereocenters. The molecule has 0 saturated carbocycles. The highest BCUT2D eigenvalue weighted by Gasteiger charge is 2.11. The fourth-order valence-electron chi connectivity index (χ4n) is 1.62. The second-order valence-corrected chi connectivity index (χ2v) is 4.74. The molecule has 2 rings (SSSR count). The summed E-state index contributed by atoms with van der Waals surface area (Å²) in [5, 5.41) is 4.03. The van der Waals surface area contributed by atoms with Crippen molar-refractivity contribution in [3.63, 3.8) is 0 Å². The van der Waals surface area contributed by atoms with E-state index in [9.17, 15) is 0 Å². The van der Waals surface area contributed by atoms with Crippen LogP contribution in [0.4, 0.5) is 0 Å². The molecule has 0 N–H and O–H groups in total. The topological polar surface area (TPSA) is 26.0 Å². The van der Waals surface area contributed by atoms with Crippen molar-refractivity contribution in [2.24, 2.45) is 0 Å². The van der Waals surface area contributed by atoms with Gasteiger partial charge in [0, 0.05) is 15.6 Å². The molecule has 0 bridgehead atoms. The first-order chi connectivity index (χ1) is 8.22. The summed E-state index contributed by atoms with van der Waals surface area (Å²) in [4.78, 5) is 0. The first-order valence-electron chi connectivity index (χ1n) is 5.61. The van der Waals surface area contributed by atoms with Crippen LogP contribution in [0.1, 0.15) is 24.6 Å². The van der Waals surface area contributed by atoms with Crippen LogP contribution >= 0.6 is 15.9 Å². The molecule has 0 aliphatic rings. The molecule has 2 nitrogen and oxygen atoms in total. The highest BCUT2D eigenvalue weighted by molar-refractivity contribution is 9.10. The molecule has 0 aliphatic carbocycles. The fraction of sp³-hybridized carbons (Fsp3) is 0.214. The standard InChI is InChI=1S/C14H14BrNO/c1-3-4-5-13-10(2)16-17-14(13)11-6-8-12(15)9-7-11/h4-9H,3H2,1-2H3/b5-4+. The Bertz CT molecular complexity index is 526. The molecular formula is C14H14BrNO. The largest absolute Gasteiger partial charge is 0.355 e. The number of aromatic nitrogens is 1. The minimum Gasteiger partial charge on any atom is -0.355 e. The minimum atomic E-state index is 0.833. The zero-order valence-electron chi connectivity index (χ0n) is 9.90. The van der Waals surface area contributed by atoms with Gasteiger partial charge in [-0.15, -0.1) is 0 Å². The summed E-state index contributed by atoms with van der Waals surface area (Å²) < 4.78 is 6.46. The average Bonchev–Trinajstić information content (AvgIpc) is 2.69. The first kappa shape index (κ1) is 12.1. The van der Waals surface area contributed by atoms with Gasteiger partial charge in [-0.05, 0) is 37.6 Å². The van der Waals surface area contributed by atoms with Gasteiger partial charge in [0.15, 0.2) is 5.76 Å². The van der Waals surface area contributed by atoms with Crippen LogP contribution in [0.2, 0.25) is 0 Å². The summed E-state index contributed by atoms with van der Waals surface area (Å²) in [7, 11) is 0. The van der Waals surface area contributed by atoms with Crippen molar-refractivity contribution in [3.05, 3.63) is 46.1 Å². The van der Waals surface area contributed by atoms with Gasteiger partial charge < -0.3 is 4.52 Å². The highest BCUT2D eigenvalue weighted by Crippen LogP contribution is 2.28. The predicted molar refractivity (Wildman–Crippen MR) is 73.7 cm³/mol. The van der Waals surface area contributed by atoms with Crippen LogP contribution in [0.5, 0.6) is 0 Å². The van der Waals surface area contributed by atoms with Gasteiger partial charge in [-0.3, -0.25) is 0 Å². The summed E-state index contributed by atoms with van der Waals surface area (Å²) in [6, 6.07) is 8.04. The van der Waals surface area contributed by atoms with Crippen molar-refractivity contribution in [3.8, 4) is 11.3 Å². The van der Waals surface area contributed by atoms with E-state index in [-0.39, 0.29) is 0 Å². The fourth-order valence-corrected chi connectivity index (χ4v) is 1.88. The predicted octanol–water partition coefficient (Wildman–Crippen LogP) is 4.84. The molecule has 0 spiro atoms. The molecule has 0 radical (unpaired) electrons. The molecule has 0 unspecified atom stereocenters.